The van der Waals surface area contributed by atoms with Gasteiger partial charge in [-0.15, -0.1) is 0 Å². The summed E-state index contributed by atoms with van der Waals surface area (Å²) in [5.41, 5.74) is 4.30. The number of hydrogen-bond donors (Lipinski definition) is 3. The van der Waals surface area contributed by atoms with Crippen LogP contribution >= 0.6 is 0 Å². The molecular formula is C14H13N3O4. The molecular weight excluding hydrogens is 274 g/mol. The Labute approximate surface area is 120 Å². The van der Waals surface area contributed by atoms with Crippen LogP contribution in [-0.4, -0.2) is 20.8 Å². The second kappa shape index (κ2) is 5.91. The molecule has 7 heteroatoms. The molecule has 0 saturated carbocycles. The average molecular weight is 287 g/mol. The third-order valence-electron chi connectivity index (χ3n) is 2.80. The van der Waals surface area contributed by atoms with Crippen LogP contribution in [0.25, 0.3) is 0 Å². The van der Waals surface area contributed by atoms with E-state index in [4.69, 9.17) is 0 Å². The summed E-state index contributed by atoms with van der Waals surface area (Å²) >= 11 is 0. The molecule has 0 amide bonds. The largest absolute Gasteiger partial charge is 0.508 e. The Morgan fingerprint density at radius 2 is 1.86 bits per heavy atom. The van der Waals surface area contributed by atoms with Gasteiger partial charge in [-0.1, -0.05) is 0 Å². The van der Waals surface area contributed by atoms with E-state index in [2.05, 4.69) is 10.5 Å². The fraction of sp³-hybridized carbons (Fsp3) is 0.0714. The van der Waals surface area contributed by atoms with Gasteiger partial charge in [0.05, 0.1) is 16.3 Å². The van der Waals surface area contributed by atoms with Gasteiger partial charge in [-0.25, -0.2) is 0 Å². The van der Waals surface area contributed by atoms with Gasteiger partial charge in [0.1, 0.15) is 11.5 Å². The lowest BCUT2D eigenvalue weighted by Crippen LogP contribution is -2.00. The number of benzene rings is 2. The minimum absolute atomic E-state index is 0.00238. The minimum atomic E-state index is -0.479. The average Bonchev–Trinajstić information content (AvgIpc) is 2.45. The number of nitro benzene ring substituents is 1. The van der Waals surface area contributed by atoms with Crippen LogP contribution in [-0.2, 0) is 0 Å². The lowest BCUT2D eigenvalue weighted by Gasteiger charge is -2.06. The SMILES string of the molecule is CC(=NNc1ccc([N+](=O)[O-])cc1)c1ccc(O)cc1O. The van der Waals surface area contributed by atoms with E-state index in [1.165, 1.54) is 36.4 Å². The summed E-state index contributed by atoms with van der Waals surface area (Å²) in [6, 6.07) is 10.0. The van der Waals surface area contributed by atoms with Gasteiger partial charge >= 0.3 is 0 Å². The van der Waals surface area contributed by atoms with Gasteiger partial charge in [0.15, 0.2) is 0 Å². The molecule has 3 N–H and O–H groups in total. The van der Waals surface area contributed by atoms with E-state index < -0.39 is 4.92 Å². The molecule has 0 spiro atoms. The summed E-state index contributed by atoms with van der Waals surface area (Å²) in [6.07, 6.45) is 0. The Hall–Kier alpha value is -3.09. The highest BCUT2D eigenvalue weighted by Gasteiger charge is 2.06. The maximum atomic E-state index is 10.5. The first-order chi connectivity index (χ1) is 9.97. The summed E-state index contributed by atoms with van der Waals surface area (Å²) in [5, 5.41) is 33.6. The van der Waals surface area contributed by atoms with Crippen LogP contribution in [0, 0.1) is 10.1 Å². The highest BCUT2D eigenvalue weighted by Crippen LogP contribution is 2.23. The molecule has 0 fully saturated rings. The first kappa shape index (κ1) is 14.3. The van der Waals surface area contributed by atoms with E-state index in [0.717, 1.165) is 0 Å². The van der Waals surface area contributed by atoms with Crippen molar-refractivity contribution in [1.29, 1.82) is 0 Å². The number of nitro groups is 1. The van der Waals surface area contributed by atoms with Crippen molar-refractivity contribution in [2.75, 3.05) is 5.43 Å². The van der Waals surface area contributed by atoms with Crippen molar-refractivity contribution in [2.45, 2.75) is 6.92 Å². The van der Waals surface area contributed by atoms with Crippen LogP contribution in [0.4, 0.5) is 11.4 Å². The van der Waals surface area contributed by atoms with E-state index in [1.807, 2.05) is 0 Å². The van der Waals surface area contributed by atoms with Crippen molar-refractivity contribution < 1.29 is 15.1 Å². The Kier molecular flexibility index (Phi) is 4.03. The monoisotopic (exact) mass is 287 g/mol. The summed E-state index contributed by atoms with van der Waals surface area (Å²) in [6.45, 7) is 1.69. The Bertz CT molecular complexity index is 696. The van der Waals surface area contributed by atoms with E-state index in [1.54, 1.807) is 13.0 Å². The van der Waals surface area contributed by atoms with Crippen LogP contribution in [0.2, 0.25) is 0 Å². The summed E-state index contributed by atoms with van der Waals surface area (Å²) in [4.78, 5) is 10.1. The van der Waals surface area contributed by atoms with Gasteiger partial charge in [-0.05, 0) is 31.2 Å². The topological polar surface area (TPSA) is 108 Å². The third-order valence-corrected chi connectivity index (χ3v) is 2.80. The van der Waals surface area contributed by atoms with Gasteiger partial charge in [0.25, 0.3) is 5.69 Å². The molecule has 7 nitrogen and oxygen atoms in total. The van der Waals surface area contributed by atoms with Gasteiger partial charge < -0.3 is 10.2 Å². The predicted octanol–water partition coefficient (Wildman–Crippen LogP) is 2.84. The number of aromatic hydroxyl groups is 2. The molecule has 21 heavy (non-hydrogen) atoms. The third kappa shape index (κ3) is 3.47. The van der Waals surface area contributed by atoms with Crippen molar-refractivity contribution in [2.24, 2.45) is 5.10 Å². The number of rotatable bonds is 4. The number of anilines is 1. The van der Waals surface area contributed by atoms with Gasteiger partial charge in [0.2, 0.25) is 0 Å². The van der Waals surface area contributed by atoms with E-state index in [-0.39, 0.29) is 17.2 Å². The number of non-ortho nitro benzene ring substituents is 1. The van der Waals surface area contributed by atoms with E-state index in [9.17, 15) is 20.3 Å². The van der Waals surface area contributed by atoms with E-state index in [0.29, 0.717) is 17.0 Å². The maximum absolute atomic E-state index is 10.5. The molecule has 0 heterocycles. The molecule has 0 aromatic heterocycles. The highest BCUT2D eigenvalue weighted by atomic mass is 16.6. The van der Waals surface area contributed by atoms with Crippen LogP contribution in [0.1, 0.15) is 12.5 Å². The second-order valence-corrected chi connectivity index (χ2v) is 4.31. The number of hydrazone groups is 1. The molecule has 2 rings (SSSR count). The molecule has 0 radical (unpaired) electrons. The van der Waals surface area contributed by atoms with Gasteiger partial charge in [-0.3, -0.25) is 15.5 Å². The lowest BCUT2D eigenvalue weighted by molar-refractivity contribution is -0.384. The molecule has 0 aliphatic carbocycles. The van der Waals surface area contributed by atoms with Crippen LogP contribution < -0.4 is 5.43 Å². The Morgan fingerprint density at radius 1 is 1.19 bits per heavy atom. The first-order valence-corrected chi connectivity index (χ1v) is 6.04. The minimum Gasteiger partial charge on any atom is -0.508 e. The Morgan fingerprint density at radius 3 is 2.43 bits per heavy atom. The molecule has 0 aliphatic heterocycles. The second-order valence-electron chi connectivity index (χ2n) is 4.31. The molecule has 0 saturated heterocycles. The fourth-order valence-corrected chi connectivity index (χ4v) is 1.69. The smallest absolute Gasteiger partial charge is 0.269 e. The first-order valence-electron chi connectivity index (χ1n) is 6.04. The summed E-state index contributed by atoms with van der Waals surface area (Å²) < 4.78 is 0. The molecule has 0 bridgehead atoms. The van der Waals surface area contributed by atoms with Crippen molar-refractivity contribution in [3.05, 3.63) is 58.1 Å². The zero-order valence-corrected chi connectivity index (χ0v) is 11.1. The standard InChI is InChI=1S/C14H13N3O4/c1-9(13-7-6-12(18)8-14(13)19)15-16-10-2-4-11(5-3-10)17(20)21/h2-8,16,18-19H,1H3. The lowest BCUT2D eigenvalue weighted by atomic mass is 10.1. The van der Waals surface area contributed by atoms with Gasteiger partial charge in [-0.2, -0.15) is 5.10 Å². The van der Waals surface area contributed by atoms with Crippen molar-refractivity contribution >= 4 is 17.1 Å². The fourth-order valence-electron chi connectivity index (χ4n) is 1.69. The van der Waals surface area contributed by atoms with Crippen LogP contribution in [0.3, 0.4) is 0 Å². The predicted molar refractivity (Wildman–Crippen MR) is 78.7 cm³/mol. The summed E-state index contributed by atoms with van der Waals surface area (Å²) in [7, 11) is 0. The molecule has 0 aliphatic rings. The van der Waals surface area contributed by atoms with Crippen LogP contribution in [0.15, 0.2) is 47.6 Å². The maximum Gasteiger partial charge on any atom is 0.269 e. The van der Waals surface area contributed by atoms with E-state index >= 15 is 0 Å². The zero-order chi connectivity index (χ0) is 15.4. The molecule has 2 aromatic carbocycles. The molecule has 0 atom stereocenters. The number of nitrogens with one attached hydrogen (secondary N) is 1. The highest BCUT2D eigenvalue weighted by molar-refractivity contribution is 6.01. The number of phenols is 2. The number of hydrogen-bond acceptors (Lipinski definition) is 6. The Balaban J connectivity index is 2.14. The number of phenolic OH excluding ortho intramolecular Hbond substituents is 2. The molecule has 108 valence electrons. The van der Waals surface area contributed by atoms with Crippen LogP contribution in [0.5, 0.6) is 11.5 Å². The normalized spacial score (nSPS) is 11.2. The van der Waals surface area contributed by atoms with Gasteiger partial charge in [0, 0.05) is 23.8 Å². The van der Waals surface area contributed by atoms with Crippen molar-refractivity contribution in [3.8, 4) is 11.5 Å². The zero-order valence-electron chi connectivity index (χ0n) is 11.1. The molecule has 2 aromatic rings. The van der Waals surface area contributed by atoms with Crippen molar-refractivity contribution in [1.82, 2.24) is 0 Å². The molecule has 0 unspecified atom stereocenters. The quantitative estimate of drug-likeness (QED) is 0.455. The van der Waals surface area contributed by atoms with Crippen molar-refractivity contribution in [3.63, 3.8) is 0 Å². The number of nitrogens with zero attached hydrogens (tertiary/aromatic N) is 2. The summed E-state index contributed by atoms with van der Waals surface area (Å²) in [5.74, 6) is -0.117.